The van der Waals surface area contributed by atoms with Gasteiger partial charge < -0.3 is 15.0 Å². The summed E-state index contributed by atoms with van der Waals surface area (Å²) in [6, 6.07) is 0. The van der Waals surface area contributed by atoms with Crippen LogP contribution in [0, 0.1) is 5.92 Å². The molecule has 2 rings (SSSR count). The van der Waals surface area contributed by atoms with Crippen molar-refractivity contribution >= 4 is 17.7 Å². The second kappa shape index (κ2) is 4.80. The van der Waals surface area contributed by atoms with Crippen molar-refractivity contribution in [3.8, 4) is 0 Å². The number of halogens is 3. The molecule has 1 aliphatic rings. The van der Waals surface area contributed by atoms with Gasteiger partial charge in [0.25, 0.3) is 0 Å². The minimum absolute atomic E-state index is 0.0275. The number of carboxylic acids is 1. The van der Waals surface area contributed by atoms with Crippen molar-refractivity contribution in [1.82, 2.24) is 9.55 Å². The van der Waals surface area contributed by atoms with Crippen molar-refractivity contribution in [3.05, 3.63) is 11.5 Å². The summed E-state index contributed by atoms with van der Waals surface area (Å²) in [5, 5.41) is 11.3. The molecule has 1 unspecified atom stereocenters. The smallest absolute Gasteiger partial charge is 0.392 e. The van der Waals surface area contributed by atoms with Crippen molar-refractivity contribution in [2.75, 3.05) is 5.32 Å². The Kier molecular flexibility index (Phi) is 3.45. The number of carbonyl (C=O) groups is 2. The molecule has 2 N–H and O–H groups in total. The van der Waals surface area contributed by atoms with Gasteiger partial charge in [0.1, 0.15) is 5.82 Å². The molecule has 110 valence electrons. The Balaban J connectivity index is 2.39. The highest BCUT2D eigenvalue weighted by Gasteiger charge is 2.43. The second-order valence-electron chi connectivity index (χ2n) is 4.59. The first-order chi connectivity index (χ1) is 9.20. The molecule has 1 amide bonds. The van der Waals surface area contributed by atoms with E-state index >= 15 is 0 Å². The van der Waals surface area contributed by atoms with Gasteiger partial charge in [0.05, 0.1) is 5.92 Å². The number of alkyl halides is 3. The normalized spacial score (nSPS) is 18.5. The lowest BCUT2D eigenvalue weighted by Crippen LogP contribution is -2.32. The molecule has 20 heavy (non-hydrogen) atoms. The van der Waals surface area contributed by atoms with Crippen molar-refractivity contribution in [3.63, 3.8) is 0 Å². The molecule has 0 bridgehead atoms. The average molecular weight is 291 g/mol. The summed E-state index contributed by atoms with van der Waals surface area (Å²) >= 11 is 0. The van der Waals surface area contributed by atoms with Crippen LogP contribution in [0.4, 0.5) is 19.0 Å². The third-order valence-corrected chi connectivity index (χ3v) is 3.14. The van der Waals surface area contributed by atoms with Crippen LogP contribution in [0.25, 0.3) is 0 Å². The molecule has 1 aliphatic heterocycles. The van der Waals surface area contributed by atoms with E-state index in [1.807, 2.05) is 0 Å². The van der Waals surface area contributed by atoms with E-state index in [2.05, 4.69) is 10.3 Å². The molecule has 2 heterocycles. The maximum absolute atomic E-state index is 12.7. The Hall–Kier alpha value is -2.06. The molecule has 1 aromatic rings. The number of hydrogen-bond donors (Lipinski definition) is 2. The highest BCUT2D eigenvalue weighted by atomic mass is 19.4. The van der Waals surface area contributed by atoms with Crippen LogP contribution in [0.3, 0.4) is 0 Å². The van der Waals surface area contributed by atoms with Gasteiger partial charge in [-0.2, -0.15) is 13.2 Å². The summed E-state index contributed by atoms with van der Waals surface area (Å²) in [5.74, 6) is -3.58. The topological polar surface area (TPSA) is 84.2 Å². The number of fused-ring (bicyclic) bond motifs is 1. The second-order valence-corrected chi connectivity index (χ2v) is 4.59. The summed E-state index contributed by atoms with van der Waals surface area (Å²) in [6.07, 6.45) is -4.93. The molecular formula is C11H12F3N3O3. The molecule has 9 heteroatoms. The predicted molar refractivity (Wildman–Crippen MR) is 61.4 cm³/mol. The lowest BCUT2D eigenvalue weighted by atomic mass is 9.97. The summed E-state index contributed by atoms with van der Waals surface area (Å²) in [5.41, 5.74) is -0.282. The monoisotopic (exact) mass is 291 g/mol. The Labute approximate surface area is 111 Å². The van der Waals surface area contributed by atoms with E-state index < -0.39 is 24.0 Å². The van der Waals surface area contributed by atoms with Crippen molar-refractivity contribution < 1.29 is 27.9 Å². The van der Waals surface area contributed by atoms with Crippen LogP contribution in [0.1, 0.15) is 29.7 Å². The number of rotatable bonds is 2. The van der Waals surface area contributed by atoms with E-state index in [1.54, 1.807) is 0 Å². The molecule has 1 atom stereocenters. The summed E-state index contributed by atoms with van der Waals surface area (Å²) in [6.45, 7) is 1.08. The number of nitrogens with zero attached hydrogens (tertiary/aromatic N) is 2. The van der Waals surface area contributed by atoms with E-state index in [-0.39, 0.29) is 36.7 Å². The van der Waals surface area contributed by atoms with Gasteiger partial charge in [-0.3, -0.25) is 4.79 Å². The molecule has 0 spiro atoms. The lowest BCUT2D eigenvalue weighted by molar-refractivity contribution is -0.179. The van der Waals surface area contributed by atoms with Crippen LogP contribution < -0.4 is 5.32 Å². The fourth-order valence-electron chi connectivity index (χ4n) is 2.25. The summed E-state index contributed by atoms with van der Waals surface area (Å²) in [4.78, 5) is 26.0. The van der Waals surface area contributed by atoms with Gasteiger partial charge in [-0.15, -0.1) is 0 Å². The van der Waals surface area contributed by atoms with Crippen LogP contribution in [-0.4, -0.2) is 32.7 Å². The van der Waals surface area contributed by atoms with E-state index in [9.17, 15) is 22.8 Å². The van der Waals surface area contributed by atoms with E-state index in [0.29, 0.717) is 0 Å². The van der Waals surface area contributed by atoms with Crippen LogP contribution in [0.15, 0.2) is 0 Å². The quantitative estimate of drug-likeness (QED) is 0.868. The number of carboxylic acid groups (broad SMARTS) is 1. The Morgan fingerprint density at radius 3 is 2.60 bits per heavy atom. The average Bonchev–Trinajstić information content (AvgIpc) is 2.63. The van der Waals surface area contributed by atoms with Crippen LogP contribution in [-0.2, 0) is 17.8 Å². The number of anilines is 1. The zero-order chi connectivity index (χ0) is 15.1. The lowest BCUT2D eigenvalue weighted by Gasteiger charge is -2.25. The highest BCUT2D eigenvalue weighted by Crippen LogP contribution is 2.36. The number of aromatic carboxylic acids is 1. The zero-order valence-electron chi connectivity index (χ0n) is 10.5. The van der Waals surface area contributed by atoms with Crippen LogP contribution >= 0.6 is 0 Å². The van der Waals surface area contributed by atoms with Gasteiger partial charge in [0, 0.05) is 19.9 Å². The molecule has 0 fully saturated rings. The number of nitrogens with one attached hydrogen (secondary N) is 1. The molecule has 6 nitrogen and oxygen atoms in total. The number of carbonyl (C=O) groups excluding carboxylic acids is 1. The van der Waals surface area contributed by atoms with Gasteiger partial charge in [-0.1, -0.05) is 0 Å². The maximum atomic E-state index is 12.7. The van der Waals surface area contributed by atoms with Gasteiger partial charge in [0.2, 0.25) is 5.91 Å². The molecule has 0 radical (unpaired) electrons. The molecule has 0 aliphatic carbocycles. The molecule has 0 saturated carbocycles. The van der Waals surface area contributed by atoms with Gasteiger partial charge in [-0.25, -0.2) is 9.78 Å². The van der Waals surface area contributed by atoms with Gasteiger partial charge >= 0.3 is 12.1 Å². The fourth-order valence-corrected chi connectivity index (χ4v) is 2.25. The first-order valence-corrected chi connectivity index (χ1v) is 5.87. The molecule has 0 saturated heterocycles. The first-order valence-electron chi connectivity index (χ1n) is 5.87. The largest absolute Gasteiger partial charge is 0.476 e. The molecule has 1 aromatic heterocycles. The first kappa shape index (κ1) is 14.4. The van der Waals surface area contributed by atoms with E-state index in [0.717, 1.165) is 0 Å². The van der Waals surface area contributed by atoms with E-state index in [4.69, 9.17) is 5.11 Å². The van der Waals surface area contributed by atoms with Crippen LogP contribution in [0.2, 0.25) is 0 Å². The molecule has 0 aromatic carbocycles. The zero-order valence-corrected chi connectivity index (χ0v) is 10.5. The predicted octanol–water partition coefficient (Wildman–Crippen LogP) is 1.66. The van der Waals surface area contributed by atoms with Crippen molar-refractivity contribution in [2.45, 2.75) is 32.5 Å². The van der Waals surface area contributed by atoms with E-state index in [1.165, 1.54) is 11.5 Å². The maximum Gasteiger partial charge on any atom is 0.392 e. The number of amides is 1. The fraction of sp³-hybridized carbons (Fsp3) is 0.545. The summed E-state index contributed by atoms with van der Waals surface area (Å²) < 4.78 is 39.3. The summed E-state index contributed by atoms with van der Waals surface area (Å²) in [7, 11) is 0. The highest BCUT2D eigenvalue weighted by molar-refractivity contribution is 5.97. The van der Waals surface area contributed by atoms with Crippen LogP contribution in [0.5, 0.6) is 0 Å². The number of aromatic nitrogens is 2. The Bertz CT molecular complexity index is 565. The van der Waals surface area contributed by atoms with Gasteiger partial charge in [-0.05, 0) is 6.42 Å². The van der Waals surface area contributed by atoms with Crippen molar-refractivity contribution in [2.24, 2.45) is 5.92 Å². The Morgan fingerprint density at radius 1 is 1.45 bits per heavy atom. The standard InChI is InChI=1S/C11H12F3N3O3/c1-5(18)15-9-8(10(19)20)17-3-2-6(11(12,13)14)4-7(17)16-9/h6H,2-4H2,1H3,(H,15,18)(H,19,20). The third-order valence-electron chi connectivity index (χ3n) is 3.14. The molecular weight excluding hydrogens is 279 g/mol. The third kappa shape index (κ3) is 2.61. The Morgan fingerprint density at radius 2 is 2.10 bits per heavy atom. The van der Waals surface area contributed by atoms with Crippen molar-refractivity contribution in [1.29, 1.82) is 0 Å². The minimum Gasteiger partial charge on any atom is -0.476 e. The SMILES string of the molecule is CC(=O)Nc1nc2n(c1C(=O)O)CCC(C(F)(F)F)C2. The van der Waals surface area contributed by atoms with Gasteiger partial charge in [0.15, 0.2) is 11.5 Å². The number of hydrogen-bond acceptors (Lipinski definition) is 3. The number of imidazole rings is 1. The minimum atomic E-state index is -4.34.